The topological polar surface area (TPSA) is 126 Å². The van der Waals surface area contributed by atoms with Crippen molar-refractivity contribution in [3.8, 4) is 5.75 Å². The van der Waals surface area contributed by atoms with E-state index in [1.54, 1.807) is 13.2 Å². The van der Waals surface area contributed by atoms with E-state index in [-0.39, 0.29) is 35.4 Å². The van der Waals surface area contributed by atoms with Crippen LogP contribution in [0.5, 0.6) is 5.75 Å². The fourth-order valence-electron chi connectivity index (χ4n) is 5.39. The minimum atomic E-state index is -3.86. The number of ether oxygens (including phenoxy) is 1. The summed E-state index contributed by atoms with van der Waals surface area (Å²) in [6, 6.07) is 12.0. The number of benzene rings is 2. The number of hydrogen-bond acceptors (Lipinski definition) is 6. The lowest BCUT2D eigenvalue weighted by Crippen LogP contribution is -2.42. The zero-order chi connectivity index (χ0) is 26.9. The Bertz CT molecular complexity index is 1480. The smallest absolute Gasteiger partial charge is 0.336 e. The van der Waals surface area contributed by atoms with Crippen LogP contribution in [0.25, 0.3) is 10.9 Å². The first-order chi connectivity index (χ1) is 18.3. The van der Waals surface area contributed by atoms with Gasteiger partial charge in [0.05, 0.1) is 23.1 Å². The first kappa shape index (κ1) is 26.1. The maximum atomic E-state index is 13.5. The van der Waals surface area contributed by atoms with Gasteiger partial charge in [-0.15, -0.1) is 0 Å². The van der Waals surface area contributed by atoms with Crippen LogP contribution < -0.4 is 10.1 Å². The highest BCUT2D eigenvalue weighted by atomic mass is 32.2. The third kappa shape index (κ3) is 5.10. The van der Waals surface area contributed by atoms with Crippen LogP contribution >= 0.6 is 0 Å². The molecule has 0 bridgehead atoms. The first-order valence-corrected chi connectivity index (χ1v) is 14.3. The first-order valence-electron chi connectivity index (χ1n) is 12.9. The second-order valence-corrected chi connectivity index (χ2v) is 11.8. The predicted octanol–water partition coefficient (Wildman–Crippen LogP) is 3.54. The zero-order valence-corrected chi connectivity index (χ0v) is 22.1. The van der Waals surface area contributed by atoms with E-state index in [4.69, 9.17) is 4.74 Å². The number of carbonyl (C=O) groups excluding carboxylic acids is 1. The average Bonchev–Trinajstić information content (AvgIpc) is 2.94. The van der Waals surface area contributed by atoms with E-state index < -0.39 is 16.0 Å². The summed E-state index contributed by atoms with van der Waals surface area (Å²) in [4.78, 5) is 29.6. The van der Waals surface area contributed by atoms with Crippen molar-refractivity contribution in [2.45, 2.75) is 50.0 Å². The Morgan fingerprint density at radius 1 is 1.08 bits per heavy atom. The van der Waals surface area contributed by atoms with E-state index in [1.165, 1.54) is 16.4 Å². The third-order valence-corrected chi connectivity index (χ3v) is 9.43. The molecule has 10 heteroatoms. The lowest BCUT2D eigenvalue weighted by molar-refractivity contribution is -0.126. The molecule has 0 saturated carbocycles. The molecule has 1 amide bonds. The van der Waals surface area contributed by atoms with E-state index in [0.29, 0.717) is 42.3 Å². The number of nitrogens with zero attached hydrogens (tertiary/aromatic N) is 2. The van der Waals surface area contributed by atoms with Gasteiger partial charge in [0.2, 0.25) is 15.9 Å². The van der Waals surface area contributed by atoms with Crippen molar-refractivity contribution in [1.82, 2.24) is 14.6 Å². The van der Waals surface area contributed by atoms with Gasteiger partial charge < -0.3 is 15.2 Å². The largest absolute Gasteiger partial charge is 0.497 e. The molecule has 2 heterocycles. The van der Waals surface area contributed by atoms with Gasteiger partial charge in [-0.3, -0.25) is 9.78 Å². The number of hydrogen-bond donors (Lipinski definition) is 2. The minimum Gasteiger partial charge on any atom is -0.497 e. The van der Waals surface area contributed by atoms with Crippen molar-refractivity contribution < 1.29 is 27.9 Å². The number of pyridine rings is 1. The minimum absolute atomic E-state index is 0.0486. The predicted molar refractivity (Wildman–Crippen MR) is 142 cm³/mol. The number of fused-ring (bicyclic) bond motifs is 2. The van der Waals surface area contributed by atoms with Crippen LogP contribution in [0.3, 0.4) is 0 Å². The molecule has 2 N–H and O–H groups in total. The molecule has 1 aromatic heterocycles. The van der Waals surface area contributed by atoms with Crippen LogP contribution in [0.15, 0.2) is 47.4 Å². The van der Waals surface area contributed by atoms with Gasteiger partial charge in [0.15, 0.2) is 0 Å². The number of nitrogens with one attached hydrogen (secondary N) is 1. The van der Waals surface area contributed by atoms with Crippen LogP contribution in [0.4, 0.5) is 0 Å². The summed E-state index contributed by atoms with van der Waals surface area (Å²) in [6.07, 6.45) is 4.04. The van der Waals surface area contributed by atoms with Crippen molar-refractivity contribution >= 4 is 32.8 Å². The van der Waals surface area contributed by atoms with Gasteiger partial charge in [0, 0.05) is 36.6 Å². The van der Waals surface area contributed by atoms with E-state index >= 15 is 0 Å². The number of aryl methyl sites for hydroxylation is 1. The Hall–Kier alpha value is -3.50. The molecule has 200 valence electrons. The third-order valence-electron chi connectivity index (χ3n) is 7.54. The van der Waals surface area contributed by atoms with Crippen LogP contribution in [0.1, 0.15) is 52.9 Å². The van der Waals surface area contributed by atoms with Crippen molar-refractivity contribution in [2.75, 3.05) is 20.2 Å². The molecule has 0 unspecified atom stereocenters. The summed E-state index contributed by atoms with van der Waals surface area (Å²) in [5.41, 5.74) is 3.12. The molecule has 3 aromatic rings. The molecule has 9 nitrogen and oxygen atoms in total. The number of aromatic carboxylic acids is 1. The molecule has 2 aliphatic rings. The summed E-state index contributed by atoms with van der Waals surface area (Å²) >= 11 is 0. The van der Waals surface area contributed by atoms with Crippen LogP contribution in [0, 0.1) is 5.92 Å². The quantitative estimate of drug-likeness (QED) is 0.472. The van der Waals surface area contributed by atoms with Gasteiger partial charge in [0.1, 0.15) is 5.75 Å². The van der Waals surface area contributed by atoms with Gasteiger partial charge >= 0.3 is 5.97 Å². The standard InChI is InChI=1S/C28H31N3O6S/c1-37-20-8-6-18(7-9-20)17-29-27(32)19-12-14-31(15-13-19)38(35,36)21-10-11-25-23(16-21)26(28(33)34)22-4-2-3-5-24(22)30-25/h6-11,16,19H,2-5,12-15,17H2,1H3,(H,29,32)(H,33,34). The summed E-state index contributed by atoms with van der Waals surface area (Å²) in [6.45, 7) is 0.826. The number of piperidine rings is 1. The van der Waals surface area contributed by atoms with Gasteiger partial charge in [-0.1, -0.05) is 12.1 Å². The normalized spacial score (nSPS) is 16.7. The number of sulfonamides is 1. The number of carbonyl (C=O) groups is 2. The number of carboxylic acids is 1. The Morgan fingerprint density at radius 3 is 2.47 bits per heavy atom. The molecule has 1 fully saturated rings. The lowest BCUT2D eigenvalue weighted by Gasteiger charge is -2.30. The molecule has 0 radical (unpaired) electrons. The van der Waals surface area contributed by atoms with Crippen molar-refractivity contribution in [2.24, 2.45) is 5.92 Å². The van der Waals surface area contributed by atoms with Gasteiger partial charge in [-0.2, -0.15) is 4.31 Å². The van der Waals surface area contributed by atoms with E-state index in [2.05, 4.69) is 10.3 Å². The molecule has 0 spiro atoms. The highest BCUT2D eigenvalue weighted by Gasteiger charge is 2.33. The lowest BCUT2D eigenvalue weighted by atomic mass is 9.90. The van der Waals surface area contributed by atoms with Gasteiger partial charge in [-0.25, -0.2) is 13.2 Å². The maximum Gasteiger partial charge on any atom is 0.336 e. The summed E-state index contributed by atoms with van der Waals surface area (Å²) in [5.74, 6) is -0.683. The average molecular weight is 538 g/mol. The second kappa shape index (κ2) is 10.7. The van der Waals surface area contributed by atoms with E-state index in [0.717, 1.165) is 36.3 Å². The molecule has 2 aromatic carbocycles. The summed E-state index contributed by atoms with van der Waals surface area (Å²) < 4.78 is 33.5. The fraction of sp³-hybridized carbons (Fsp3) is 0.393. The number of amides is 1. The molecule has 0 atom stereocenters. The molecule has 38 heavy (non-hydrogen) atoms. The zero-order valence-electron chi connectivity index (χ0n) is 21.3. The highest BCUT2D eigenvalue weighted by molar-refractivity contribution is 7.89. The van der Waals surface area contributed by atoms with E-state index in [1.807, 2.05) is 24.3 Å². The Kier molecular flexibility index (Phi) is 7.36. The Balaban J connectivity index is 1.28. The van der Waals surface area contributed by atoms with Crippen molar-refractivity contribution in [3.63, 3.8) is 0 Å². The molecule has 1 aliphatic heterocycles. The molecule has 1 saturated heterocycles. The van der Waals surface area contributed by atoms with Crippen molar-refractivity contribution in [3.05, 3.63) is 64.8 Å². The monoisotopic (exact) mass is 537 g/mol. The number of aromatic nitrogens is 1. The maximum absolute atomic E-state index is 13.5. The van der Waals surface area contributed by atoms with Crippen LogP contribution in [0.2, 0.25) is 0 Å². The Morgan fingerprint density at radius 2 is 1.79 bits per heavy atom. The molecular formula is C28H31N3O6S. The second-order valence-electron chi connectivity index (χ2n) is 9.85. The van der Waals surface area contributed by atoms with Gasteiger partial charge in [-0.05, 0) is 80.0 Å². The van der Waals surface area contributed by atoms with Gasteiger partial charge in [0.25, 0.3) is 0 Å². The van der Waals surface area contributed by atoms with Crippen molar-refractivity contribution in [1.29, 1.82) is 0 Å². The SMILES string of the molecule is COc1ccc(CNC(=O)C2CCN(S(=O)(=O)c3ccc4nc5c(c(C(=O)O)c4c3)CCCC5)CC2)cc1. The fourth-order valence-corrected chi connectivity index (χ4v) is 6.89. The van der Waals surface area contributed by atoms with E-state index in [9.17, 15) is 23.1 Å². The summed E-state index contributed by atoms with van der Waals surface area (Å²) in [5, 5.41) is 13.3. The number of methoxy groups -OCH3 is 1. The molecular weight excluding hydrogens is 506 g/mol. The number of rotatable bonds is 7. The Labute approximate surface area is 221 Å². The molecule has 1 aliphatic carbocycles. The highest BCUT2D eigenvalue weighted by Crippen LogP contribution is 2.32. The number of carboxylic acid groups (broad SMARTS) is 1. The summed E-state index contributed by atoms with van der Waals surface area (Å²) in [7, 11) is -2.26. The van der Waals surface area contributed by atoms with Crippen LogP contribution in [-0.2, 0) is 34.2 Å². The molecule has 5 rings (SSSR count). The van der Waals surface area contributed by atoms with Crippen LogP contribution in [-0.4, -0.2) is 54.9 Å².